The molecular weight excluding hydrogens is 124 g/mol. The fourth-order valence-corrected chi connectivity index (χ4v) is 1.09. The lowest BCUT2D eigenvalue weighted by Gasteiger charge is -2.17. The Bertz CT molecular complexity index is 63.7. The Kier molecular flexibility index (Phi) is 5.64. The van der Waals surface area contributed by atoms with Crippen LogP contribution in [0.15, 0.2) is 0 Å². The normalized spacial score (nSPS) is 16.8. The molecule has 10 heavy (non-hydrogen) atoms. The molecule has 0 aromatic carbocycles. The Morgan fingerprint density at radius 2 is 1.20 bits per heavy atom. The van der Waals surface area contributed by atoms with E-state index in [4.69, 9.17) is 11.5 Å². The van der Waals surface area contributed by atoms with Gasteiger partial charge >= 0.3 is 0 Å². The molecule has 0 rings (SSSR count). The van der Waals surface area contributed by atoms with Crippen LogP contribution in [-0.4, -0.2) is 13.1 Å². The molecule has 0 aliphatic carbocycles. The third-order valence-electron chi connectivity index (χ3n) is 2.22. The van der Waals surface area contributed by atoms with Crippen LogP contribution >= 0.6 is 0 Å². The van der Waals surface area contributed by atoms with Gasteiger partial charge in [-0.1, -0.05) is 13.8 Å². The molecule has 0 bridgehead atoms. The van der Waals surface area contributed by atoms with E-state index < -0.39 is 0 Å². The van der Waals surface area contributed by atoms with Crippen molar-refractivity contribution in [3.63, 3.8) is 0 Å². The lowest BCUT2D eigenvalue weighted by atomic mass is 9.90. The van der Waals surface area contributed by atoms with E-state index >= 15 is 0 Å². The van der Waals surface area contributed by atoms with Crippen molar-refractivity contribution in [3.8, 4) is 0 Å². The van der Waals surface area contributed by atoms with Crippen LogP contribution in [0, 0.1) is 11.8 Å². The van der Waals surface area contributed by atoms with Crippen molar-refractivity contribution in [1.29, 1.82) is 0 Å². The molecule has 0 aromatic heterocycles. The van der Waals surface area contributed by atoms with Gasteiger partial charge in [-0.25, -0.2) is 0 Å². The standard InChI is InChI=1S/C8H20N2/c1-7(3-5-9)8(2)4-6-10/h7-8H,3-6,9-10H2,1-2H3. The third-order valence-corrected chi connectivity index (χ3v) is 2.22. The summed E-state index contributed by atoms with van der Waals surface area (Å²) in [5.41, 5.74) is 10.9. The summed E-state index contributed by atoms with van der Waals surface area (Å²) in [6.07, 6.45) is 2.25. The van der Waals surface area contributed by atoms with Crippen LogP contribution in [0.5, 0.6) is 0 Å². The molecule has 0 spiro atoms. The average molecular weight is 144 g/mol. The highest BCUT2D eigenvalue weighted by atomic mass is 14.5. The highest BCUT2D eigenvalue weighted by Gasteiger charge is 2.09. The molecule has 2 heteroatoms. The van der Waals surface area contributed by atoms with Gasteiger partial charge in [-0.2, -0.15) is 0 Å². The first kappa shape index (κ1) is 9.92. The Morgan fingerprint density at radius 1 is 0.900 bits per heavy atom. The molecule has 0 saturated carbocycles. The first-order chi connectivity index (χ1) is 4.72. The highest BCUT2D eigenvalue weighted by molar-refractivity contribution is 4.62. The van der Waals surface area contributed by atoms with E-state index in [1.807, 2.05) is 0 Å². The molecular formula is C8H20N2. The number of nitrogens with two attached hydrogens (primary N) is 2. The molecule has 2 atom stereocenters. The first-order valence-electron chi connectivity index (χ1n) is 4.12. The van der Waals surface area contributed by atoms with Crippen molar-refractivity contribution in [2.75, 3.05) is 13.1 Å². The lowest BCUT2D eigenvalue weighted by molar-refractivity contribution is 0.352. The highest BCUT2D eigenvalue weighted by Crippen LogP contribution is 2.16. The Morgan fingerprint density at radius 3 is 1.40 bits per heavy atom. The zero-order valence-electron chi connectivity index (χ0n) is 7.14. The minimum absolute atomic E-state index is 0.730. The summed E-state index contributed by atoms with van der Waals surface area (Å²) in [7, 11) is 0. The average Bonchev–Trinajstić information content (AvgIpc) is 1.89. The molecule has 0 amide bonds. The van der Waals surface area contributed by atoms with Crippen LogP contribution in [0.1, 0.15) is 26.7 Å². The Hall–Kier alpha value is -0.0800. The van der Waals surface area contributed by atoms with Gasteiger partial charge in [0, 0.05) is 0 Å². The van der Waals surface area contributed by atoms with Gasteiger partial charge in [0.15, 0.2) is 0 Å². The fourth-order valence-electron chi connectivity index (χ4n) is 1.09. The summed E-state index contributed by atoms with van der Waals surface area (Å²) in [6.45, 7) is 6.09. The van der Waals surface area contributed by atoms with Gasteiger partial charge in [0.25, 0.3) is 0 Å². The molecule has 2 unspecified atom stereocenters. The van der Waals surface area contributed by atoms with E-state index in [0.29, 0.717) is 0 Å². The predicted octanol–water partition coefficient (Wildman–Crippen LogP) is 0.956. The largest absolute Gasteiger partial charge is 0.330 e. The van der Waals surface area contributed by atoms with E-state index in [1.54, 1.807) is 0 Å². The summed E-state index contributed by atoms with van der Waals surface area (Å²) >= 11 is 0. The van der Waals surface area contributed by atoms with E-state index in [0.717, 1.165) is 37.8 Å². The van der Waals surface area contributed by atoms with Gasteiger partial charge in [-0.3, -0.25) is 0 Å². The Balaban J connectivity index is 3.38. The zero-order chi connectivity index (χ0) is 7.98. The van der Waals surface area contributed by atoms with Gasteiger partial charge in [-0.05, 0) is 37.8 Å². The van der Waals surface area contributed by atoms with Crippen LogP contribution in [0.4, 0.5) is 0 Å². The molecule has 4 N–H and O–H groups in total. The van der Waals surface area contributed by atoms with Crippen LogP contribution in [0.2, 0.25) is 0 Å². The SMILES string of the molecule is CC(CCN)C(C)CCN. The quantitative estimate of drug-likeness (QED) is 0.603. The molecule has 0 aromatic rings. The van der Waals surface area contributed by atoms with E-state index in [2.05, 4.69) is 13.8 Å². The van der Waals surface area contributed by atoms with Crippen molar-refractivity contribution in [2.24, 2.45) is 23.3 Å². The van der Waals surface area contributed by atoms with Gasteiger partial charge in [0.2, 0.25) is 0 Å². The number of hydrogen-bond acceptors (Lipinski definition) is 2. The monoisotopic (exact) mass is 144 g/mol. The smallest absolute Gasteiger partial charge is 0.00746 e. The molecule has 0 fully saturated rings. The van der Waals surface area contributed by atoms with Crippen molar-refractivity contribution in [3.05, 3.63) is 0 Å². The van der Waals surface area contributed by atoms with Crippen molar-refractivity contribution in [1.82, 2.24) is 0 Å². The lowest BCUT2D eigenvalue weighted by Crippen LogP contribution is -2.16. The number of rotatable bonds is 5. The van der Waals surface area contributed by atoms with Crippen molar-refractivity contribution >= 4 is 0 Å². The maximum atomic E-state index is 5.43. The maximum Gasteiger partial charge on any atom is -0.00746 e. The molecule has 62 valence electrons. The second-order valence-electron chi connectivity index (χ2n) is 3.11. The second-order valence-corrected chi connectivity index (χ2v) is 3.11. The minimum atomic E-state index is 0.730. The first-order valence-corrected chi connectivity index (χ1v) is 4.12. The molecule has 0 saturated heterocycles. The van der Waals surface area contributed by atoms with Gasteiger partial charge in [0.05, 0.1) is 0 Å². The second kappa shape index (κ2) is 5.69. The summed E-state index contributed by atoms with van der Waals surface area (Å²) in [4.78, 5) is 0. The minimum Gasteiger partial charge on any atom is -0.330 e. The van der Waals surface area contributed by atoms with E-state index in [-0.39, 0.29) is 0 Å². The van der Waals surface area contributed by atoms with E-state index in [9.17, 15) is 0 Å². The molecule has 0 aliphatic heterocycles. The van der Waals surface area contributed by atoms with Crippen LogP contribution in [0.25, 0.3) is 0 Å². The summed E-state index contributed by atoms with van der Waals surface area (Å²) in [5, 5.41) is 0. The maximum absolute atomic E-state index is 5.43. The van der Waals surface area contributed by atoms with Crippen LogP contribution in [-0.2, 0) is 0 Å². The zero-order valence-corrected chi connectivity index (χ0v) is 7.14. The molecule has 2 nitrogen and oxygen atoms in total. The van der Waals surface area contributed by atoms with Crippen LogP contribution < -0.4 is 11.5 Å². The number of hydrogen-bond donors (Lipinski definition) is 2. The van der Waals surface area contributed by atoms with E-state index in [1.165, 1.54) is 0 Å². The van der Waals surface area contributed by atoms with Crippen molar-refractivity contribution in [2.45, 2.75) is 26.7 Å². The topological polar surface area (TPSA) is 52.0 Å². The fraction of sp³-hybridized carbons (Fsp3) is 1.00. The third kappa shape index (κ3) is 3.85. The molecule has 0 heterocycles. The molecule has 0 radical (unpaired) electrons. The summed E-state index contributed by atoms with van der Waals surface area (Å²) < 4.78 is 0. The molecule has 0 aliphatic rings. The Labute approximate surface area is 64.0 Å². The van der Waals surface area contributed by atoms with Crippen LogP contribution in [0.3, 0.4) is 0 Å². The predicted molar refractivity (Wildman–Crippen MR) is 45.7 cm³/mol. The van der Waals surface area contributed by atoms with Gasteiger partial charge in [0.1, 0.15) is 0 Å². The van der Waals surface area contributed by atoms with Gasteiger partial charge < -0.3 is 11.5 Å². The van der Waals surface area contributed by atoms with Crippen molar-refractivity contribution < 1.29 is 0 Å². The summed E-state index contributed by atoms with van der Waals surface area (Å²) in [6, 6.07) is 0. The summed E-state index contributed by atoms with van der Waals surface area (Å²) in [5.74, 6) is 1.46. The van der Waals surface area contributed by atoms with Gasteiger partial charge in [-0.15, -0.1) is 0 Å².